The van der Waals surface area contributed by atoms with Crippen LogP contribution in [0.4, 0.5) is 5.82 Å². The summed E-state index contributed by atoms with van der Waals surface area (Å²) in [5, 5.41) is 9.09. The zero-order chi connectivity index (χ0) is 25.4. The number of hydrogen-bond donors (Lipinski definition) is 1. The number of aryl methyl sites for hydroxylation is 2. The topological polar surface area (TPSA) is 101 Å². The Hall–Kier alpha value is -3.27. The SMILES string of the molecule is Cc1noc(C)c1-c1ccc2nc(C3=CCN(S(C)(=O)=O)CC3)nc(NCc3cccc(Cl)c3)c2c1. The summed E-state index contributed by atoms with van der Waals surface area (Å²) in [5.74, 6) is 2.03. The van der Waals surface area contributed by atoms with Crippen LogP contribution in [0.25, 0.3) is 27.6 Å². The van der Waals surface area contributed by atoms with Gasteiger partial charge in [0.25, 0.3) is 0 Å². The summed E-state index contributed by atoms with van der Waals surface area (Å²) in [6.45, 7) is 5.06. The molecule has 1 N–H and O–H groups in total. The predicted octanol–water partition coefficient (Wildman–Crippen LogP) is 5.22. The van der Waals surface area contributed by atoms with Crippen molar-refractivity contribution in [2.45, 2.75) is 26.8 Å². The zero-order valence-electron chi connectivity index (χ0n) is 20.2. The molecule has 3 heterocycles. The minimum atomic E-state index is -3.24. The number of rotatable bonds is 6. The smallest absolute Gasteiger partial charge is 0.211 e. The minimum Gasteiger partial charge on any atom is -0.365 e. The molecule has 8 nitrogen and oxygen atoms in total. The van der Waals surface area contributed by atoms with E-state index in [1.54, 1.807) is 0 Å². The van der Waals surface area contributed by atoms with Gasteiger partial charge in [-0.05, 0) is 61.2 Å². The lowest BCUT2D eigenvalue weighted by Gasteiger charge is -2.24. The van der Waals surface area contributed by atoms with E-state index in [9.17, 15) is 8.42 Å². The second-order valence-electron chi connectivity index (χ2n) is 8.91. The van der Waals surface area contributed by atoms with E-state index in [2.05, 4.69) is 10.5 Å². The van der Waals surface area contributed by atoms with E-state index in [1.807, 2.05) is 62.4 Å². The first kappa shape index (κ1) is 24.4. The molecule has 0 radical (unpaired) electrons. The van der Waals surface area contributed by atoms with Crippen LogP contribution in [0, 0.1) is 13.8 Å². The zero-order valence-corrected chi connectivity index (χ0v) is 21.8. The molecule has 5 rings (SSSR count). The third-order valence-corrected chi connectivity index (χ3v) is 7.80. The van der Waals surface area contributed by atoms with Crippen molar-refractivity contribution in [3.63, 3.8) is 0 Å². The average Bonchev–Trinajstić information content (AvgIpc) is 3.19. The van der Waals surface area contributed by atoms with Gasteiger partial charge in [-0.2, -0.15) is 4.31 Å². The molecule has 0 aliphatic carbocycles. The van der Waals surface area contributed by atoms with Crippen LogP contribution in [-0.2, 0) is 16.6 Å². The molecule has 10 heteroatoms. The van der Waals surface area contributed by atoms with Gasteiger partial charge in [-0.3, -0.25) is 0 Å². The maximum atomic E-state index is 11.9. The first-order valence-electron chi connectivity index (χ1n) is 11.6. The molecular formula is C26H26ClN5O3S. The van der Waals surface area contributed by atoms with Gasteiger partial charge in [-0.15, -0.1) is 0 Å². The van der Waals surface area contributed by atoms with E-state index in [-0.39, 0.29) is 0 Å². The summed E-state index contributed by atoms with van der Waals surface area (Å²) in [6.07, 6.45) is 3.67. The molecule has 0 bridgehead atoms. The van der Waals surface area contributed by atoms with Crippen LogP contribution in [0.1, 0.15) is 29.3 Å². The molecular weight excluding hydrogens is 498 g/mol. The molecule has 0 unspecified atom stereocenters. The Kier molecular flexibility index (Phi) is 6.55. The molecule has 186 valence electrons. The van der Waals surface area contributed by atoms with E-state index < -0.39 is 10.0 Å². The van der Waals surface area contributed by atoms with Gasteiger partial charge in [0.2, 0.25) is 10.0 Å². The highest BCUT2D eigenvalue weighted by Crippen LogP contribution is 2.33. The van der Waals surface area contributed by atoms with E-state index in [0.29, 0.717) is 42.7 Å². The van der Waals surface area contributed by atoms with Gasteiger partial charge >= 0.3 is 0 Å². The van der Waals surface area contributed by atoms with Crippen molar-refractivity contribution < 1.29 is 12.9 Å². The van der Waals surface area contributed by atoms with Gasteiger partial charge in [0.05, 0.1) is 17.5 Å². The predicted molar refractivity (Wildman–Crippen MR) is 142 cm³/mol. The molecule has 2 aromatic heterocycles. The molecule has 1 aliphatic heterocycles. The molecule has 36 heavy (non-hydrogen) atoms. The lowest BCUT2D eigenvalue weighted by molar-refractivity contribution is 0.393. The molecule has 1 aliphatic rings. The number of anilines is 1. The number of aromatic nitrogens is 3. The summed E-state index contributed by atoms with van der Waals surface area (Å²) >= 11 is 6.18. The van der Waals surface area contributed by atoms with Crippen LogP contribution < -0.4 is 5.32 Å². The molecule has 0 spiro atoms. The Morgan fingerprint density at radius 3 is 2.64 bits per heavy atom. The first-order valence-corrected chi connectivity index (χ1v) is 13.8. The molecule has 0 saturated carbocycles. The second kappa shape index (κ2) is 9.65. The maximum Gasteiger partial charge on any atom is 0.211 e. The highest BCUT2D eigenvalue weighted by Gasteiger charge is 2.22. The van der Waals surface area contributed by atoms with Gasteiger partial charge in [0, 0.05) is 35.6 Å². The number of nitrogens with zero attached hydrogens (tertiary/aromatic N) is 4. The lowest BCUT2D eigenvalue weighted by atomic mass is 10.0. The highest BCUT2D eigenvalue weighted by atomic mass is 35.5. The van der Waals surface area contributed by atoms with Gasteiger partial charge < -0.3 is 9.84 Å². The molecule has 0 atom stereocenters. The fraction of sp³-hybridized carbons (Fsp3) is 0.269. The quantitative estimate of drug-likeness (QED) is 0.370. The van der Waals surface area contributed by atoms with Gasteiger partial charge in [0.1, 0.15) is 11.6 Å². The van der Waals surface area contributed by atoms with Crippen molar-refractivity contribution in [3.8, 4) is 11.1 Å². The number of sulfonamides is 1. The molecule has 0 fully saturated rings. The lowest BCUT2D eigenvalue weighted by Crippen LogP contribution is -2.33. The number of nitrogens with one attached hydrogen (secondary N) is 1. The number of fused-ring (bicyclic) bond motifs is 1. The van der Waals surface area contributed by atoms with Crippen molar-refractivity contribution in [3.05, 3.63) is 76.4 Å². The Balaban J connectivity index is 1.57. The van der Waals surface area contributed by atoms with Crippen molar-refractivity contribution in [1.29, 1.82) is 0 Å². The van der Waals surface area contributed by atoms with Crippen molar-refractivity contribution in [1.82, 2.24) is 19.4 Å². The Bertz CT molecular complexity index is 1580. The van der Waals surface area contributed by atoms with Crippen molar-refractivity contribution >= 4 is 43.9 Å². The largest absolute Gasteiger partial charge is 0.365 e. The van der Waals surface area contributed by atoms with E-state index >= 15 is 0 Å². The number of halogens is 1. The molecule has 2 aromatic carbocycles. The third kappa shape index (κ3) is 5.00. The van der Waals surface area contributed by atoms with E-state index in [4.69, 9.17) is 26.1 Å². The monoisotopic (exact) mass is 523 g/mol. The van der Waals surface area contributed by atoms with Crippen LogP contribution in [0.3, 0.4) is 0 Å². The molecule has 0 amide bonds. The maximum absolute atomic E-state index is 11.9. The normalized spacial score (nSPS) is 14.7. The summed E-state index contributed by atoms with van der Waals surface area (Å²) in [6, 6.07) is 13.7. The fourth-order valence-electron chi connectivity index (χ4n) is 4.44. The van der Waals surface area contributed by atoms with Gasteiger partial charge in [-0.1, -0.05) is 41.0 Å². The van der Waals surface area contributed by atoms with Crippen LogP contribution >= 0.6 is 11.6 Å². The Labute approximate surface area is 215 Å². The summed E-state index contributed by atoms with van der Waals surface area (Å²) < 4.78 is 30.7. The van der Waals surface area contributed by atoms with Gasteiger partial charge in [-0.25, -0.2) is 18.4 Å². The van der Waals surface area contributed by atoms with Crippen molar-refractivity contribution in [2.24, 2.45) is 0 Å². The fourth-order valence-corrected chi connectivity index (χ4v) is 5.43. The molecule has 4 aromatic rings. The standard InChI is InChI=1S/C26H26ClN5O3S/c1-16-24(17(2)35-31-16)20-7-8-23-22(14-20)26(28-15-18-5-4-6-21(27)13-18)30-25(29-23)19-9-11-32(12-10-19)36(3,33)34/h4-9,13-14H,10-12,15H2,1-3H3,(H,28,29,30). The Morgan fingerprint density at radius 2 is 1.97 bits per heavy atom. The minimum absolute atomic E-state index is 0.311. The van der Waals surface area contributed by atoms with E-state index in [0.717, 1.165) is 44.6 Å². The summed E-state index contributed by atoms with van der Waals surface area (Å²) in [5.41, 5.74) is 5.49. The number of hydrogen-bond acceptors (Lipinski definition) is 7. The third-order valence-electron chi connectivity index (χ3n) is 6.29. The Morgan fingerprint density at radius 1 is 1.14 bits per heavy atom. The second-order valence-corrected chi connectivity index (χ2v) is 11.3. The summed E-state index contributed by atoms with van der Waals surface area (Å²) in [4.78, 5) is 9.72. The summed E-state index contributed by atoms with van der Waals surface area (Å²) in [7, 11) is -3.24. The van der Waals surface area contributed by atoms with Gasteiger partial charge in [0.15, 0.2) is 5.82 Å². The van der Waals surface area contributed by atoms with Crippen LogP contribution in [0.2, 0.25) is 5.02 Å². The number of benzene rings is 2. The molecule has 0 saturated heterocycles. The van der Waals surface area contributed by atoms with Crippen LogP contribution in [0.5, 0.6) is 0 Å². The van der Waals surface area contributed by atoms with Crippen LogP contribution in [-0.4, -0.2) is 47.2 Å². The highest BCUT2D eigenvalue weighted by molar-refractivity contribution is 7.88. The van der Waals surface area contributed by atoms with Crippen molar-refractivity contribution in [2.75, 3.05) is 24.7 Å². The first-order chi connectivity index (χ1) is 17.2. The van der Waals surface area contributed by atoms with Crippen LogP contribution in [0.15, 0.2) is 53.1 Å². The van der Waals surface area contributed by atoms with E-state index in [1.165, 1.54) is 10.6 Å². The average molecular weight is 524 g/mol.